The van der Waals surface area contributed by atoms with Crippen LogP contribution in [0.5, 0.6) is 0 Å². The van der Waals surface area contributed by atoms with Crippen LogP contribution in [0.4, 0.5) is 0 Å². The van der Waals surface area contributed by atoms with Gasteiger partial charge in [0, 0.05) is 11.1 Å². The summed E-state index contributed by atoms with van der Waals surface area (Å²) in [5, 5.41) is 9.34. The fraction of sp³-hybridized carbons (Fsp3) is 0.211. The Labute approximate surface area is 147 Å². The van der Waals surface area contributed by atoms with Gasteiger partial charge in [0.15, 0.2) is 6.29 Å². The zero-order valence-electron chi connectivity index (χ0n) is 13.5. The minimum atomic E-state index is -1.20. The molecule has 0 spiro atoms. The fourth-order valence-corrected chi connectivity index (χ4v) is 4.19. The third kappa shape index (κ3) is 2.49. The maximum atomic E-state index is 12.6. The number of carbonyl (C=O) groups is 2. The second-order valence-electron chi connectivity index (χ2n) is 6.29. The van der Waals surface area contributed by atoms with Gasteiger partial charge in [-0.3, -0.25) is 14.0 Å². The van der Waals surface area contributed by atoms with Gasteiger partial charge in [0.1, 0.15) is 5.56 Å². The predicted octanol–water partition coefficient (Wildman–Crippen LogP) is 3.72. The van der Waals surface area contributed by atoms with Crippen molar-refractivity contribution in [3.8, 4) is 10.4 Å². The highest BCUT2D eigenvalue weighted by Crippen LogP contribution is 2.43. The van der Waals surface area contributed by atoms with Crippen LogP contribution in [0.15, 0.2) is 35.3 Å². The molecule has 5 nitrogen and oxygen atoms in total. The number of carboxylic acid groups (broad SMARTS) is 1. The Balaban J connectivity index is 2.04. The minimum absolute atomic E-state index is 0.189. The molecule has 3 heterocycles. The van der Waals surface area contributed by atoms with E-state index in [-0.39, 0.29) is 5.56 Å². The molecule has 4 rings (SSSR count). The van der Waals surface area contributed by atoms with Gasteiger partial charge in [0.2, 0.25) is 0 Å². The highest BCUT2D eigenvalue weighted by atomic mass is 32.1. The lowest BCUT2D eigenvalue weighted by atomic mass is 10.00. The number of carbonyl (C=O) groups excluding carboxylic acids is 1. The van der Waals surface area contributed by atoms with Crippen LogP contribution in [0.1, 0.15) is 49.9 Å². The quantitative estimate of drug-likeness (QED) is 0.725. The van der Waals surface area contributed by atoms with Gasteiger partial charge in [0.05, 0.1) is 10.4 Å². The molecule has 25 heavy (non-hydrogen) atoms. The van der Waals surface area contributed by atoms with Crippen molar-refractivity contribution in [2.24, 2.45) is 0 Å². The van der Waals surface area contributed by atoms with Gasteiger partial charge in [-0.2, -0.15) is 0 Å². The number of fused-ring (bicyclic) bond motifs is 1. The molecule has 1 saturated carbocycles. The zero-order chi connectivity index (χ0) is 17.7. The largest absolute Gasteiger partial charge is 0.477 e. The van der Waals surface area contributed by atoms with Crippen molar-refractivity contribution >= 4 is 29.1 Å². The molecule has 1 fully saturated rings. The monoisotopic (exact) mass is 353 g/mol. The maximum absolute atomic E-state index is 12.6. The Bertz CT molecular complexity index is 1090. The number of rotatable bonds is 4. The first kappa shape index (κ1) is 15.8. The summed E-state index contributed by atoms with van der Waals surface area (Å²) in [5.41, 5.74) is 2.90. The zero-order valence-corrected chi connectivity index (χ0v) is 14.3. The molecule has 1 aliphatic rings. The van der Waals surface area contributed by atoms with E-state index in [0.29, 0.717) is 10.8 Å². The number of nitrogens with zero attached hydrogens (tertiary/aromatic N) is 1. The topological polar surface area (TPSA) is 75.8 Å². The molecule has 0 bridgehead atoms. The fourth-order valence-electron chi connectivity index (χ4n) is 3.28. The molecular weight excluding hydrogens is 338 g/mol. The van der Waals surface area contributed by atoms with E-state index in [1.807, 2.05) is 19.1 Å². The van der Waals surface area contributed by atoms with Crippen LogP contribution in [0.2, 0.25) is 0 Å². The van der Waals surface area contributed by atoms with Gasteiger partial charge in [-0.1, -0.05) is 0 Å². The summed E-state index contributed by atoms with van der Waals surface area (Å²) in [7, 11) is 0. The van der Waals surface area contributed by atoms with Crippen molar-refractivity contribution < 1.29 is 14.7 Å². The molecule has 6 heteroatoms. The van der Waals surface area contributed by atoms with Gasteiger partial charge in [-0.05, 0) is 66.6 Å². The SMILES string of the molecule is Cc1c(-c2ccc(C=O)s2)ccn2c(=O)c(C(=O)O)cc(C3CC3)c12. The third-order valence-electron chi connectivity index (χ3n) is 4.67. The van der Waals surface area contributed by atoms with Crippen LogP contribution in [0.3, 0.4) is 0 Å². The van der Waals surface area contributed by atoms with Crippen molar-refractivity contribution in [2.45, 2.75) is 25.7 Å². The van der Waals surface area contributed by atoms with E-state index >= 15 is 0 Å². The van der Waals surface area contributed by atoms with E-state index in [1.165, 1.54) is 15.7 Å². The molecule has 0 atom stereocenters. The first-order chi connectivity index (χ1) is 12.0. The van der Waals surface area contributed by atoms with Crippen molar-refractivity contribution in [3.63, 3.8) is 0 Å². The molecule has 0 amide bonds. The molecule has 0 aromatic carbocycles. The lowest BCUT2D eigenvalue weighted by molar-refractivity contribution is 0.0694. The average molecular weight is 353 g/mol. The van der Waals surface area contributed by atoms with E-state index in [2.05, 4.69) is 0 Å². The van der Waals surface area contributed by atoms with Gasteiger partial charge < -0.3 is 5.11 Å². The number of hydrogen-bond acceptors (Lipinski definition) is 4. The second-order valence-corrected chi connectivity index (χ2v) is 7.41. The van der Waals surface area contributed by atoms with Crippen LogP contribution in [0.25, 0.3) is 16.0 Å². The van der Waals surface area contributed by atoms with Crippen LogP contribution in [-0.2, 0) is 0 Å². The van der Waals surface area contributed by atoms with Crippen LogP contribution >= 0.6 is 11.3 Å². The van der Waals surface area contributed by atoms with E-state index in [0.717, 1.165) is 46.2 Å². The number of aromatic carboxylic acids is 1. The van der Waals surface area contributed by atoms with Crippen LogP contribution < -0.4 is 5.56 Å². The maximum Gasteiger partial charge on any atom is 0.341 e. The molecule has 0 saturated heterocycles. The highest BCUT2D eigenvalue weighted by Gasteiger charge is 2.29. The molecule has 1 N–H and O–H groups in total. The second kappa shape index (κ2) is 5.67. The van der Waals surface area contributed by atoms with Crippen LogP contribution in [0, 0.1) is 6.92 Å². The summed E-state index contributed by atoms with van der Waals surface area (Å²) in [6.45, 7) is 1.94. The Morgan fingerprint density at radius 3 is 2.68 bits per heavy atom. The van der Waals surface area contributed by atoms with Crippen molar-refractivity contribution in [2.75, 3.05) is 0 Å². The van der Waals surface area contributed by atoms with E-state index in [4.69, 9.17) is 0 Å². The minimum Gasteiger partial charge on any atom is -0.477 e. The molecule has 3 aromatic heterocycles. The van der Waals surface area contributed by atoms with Crippen molar-refractivity contribution in [1.29, 1.82) is 0 Å². The van der Waals surface area contributed by atoms with Crippen molar-refractivity contribution in [3.05, 3.63) is 62.4 Å². The molecule has 1 aliphatic carbocycles. The van der Waals surface area contributed by atoms with E-state index < -0.39 is 11.5 Å². The number of pyridine rings is 2. The van der Waals surface area contributed by atoms with Gasteiger partial charge in [-0.25, -0.2) is 4.79 Å². The summed E-state index contributed by atoms with van der Waals surface area (Å²) in [6, 6.07) is 7.03. The Morgan fingerprint density at radius 1 is 1.32 bits per heavy atom. The summed E-state index contributed by atoms with van der Waals surface area (Å²) < 4.78 is 1.45. The summed E-state index contributed by atoms with van der Waals surface area (Å²) in [4.78, 5) is 36.5. The summed E-state index contributed by atoms with van der Waals surface area (Å²) in [5.74, 6) is -0.895. The molecule has 0 aliphatic heterocycles. The van der Waals surface area contributed by atoms with Gasteiger partial charge in [0.25, 0.3) is 5.56 Å². The van der Waals surface area contributed by atoms with E-state index in [1.54, 1.807) is 18.3 Å². The number of aldehydes is 1. The smallest absolute Gasteiger partial charge is 0.341 e. The average Bonchev–Trinajstić information content (AvgIpc) is 3.32. The number of hydrogen-bond donors (Lipinski definition) is 1. The molecule has 0 unspecified atom stereocenters. The first-order valence-corrected chi connectivity index (χ1v) is 8.80. The standard InChI is InChI=1S/C19H15NO4S/c1-10-13(16-5-4-12(9-21)25-16)6-7-20-17(10)14(11-2-3-11)8-15(18(20)22)19(23)24/h4-9,11H,2-3H2,1H3,(H,23,24). The molecule has 3 aromatic rings. The Kier molecular flexibility index (Phi) is 3.58. The summed E-state index contributed by atoms with van der Waals surface area (Å²) in [6.07, 6.45) is 4.47. The third-order valence-corrected chi connectivity index (χ3v) is 5.71. The normalized spacial score (nSPS) is 14.0. The summed E-state index contributed by atoms with van der Waals surface area (Å²) >= 11 is 1.40. The Morgan fingerprint density at radius 2 is 2.08 bits per heavy atom. The van der Waals surface area contributed by atoms with Gasteiger partial charge >= 0.3 is 5.97 Å². The highest BCUT2D eigenvalue weighted by molar-refractivity contribution is 7.17. The van der Waals surface area contributed by atoms with E-state index in [9.17, 15) is 19.5 Å². The molecule has 0 radical (unpaired) electrons. The van der Waals surface area contributed by atoms with Gasteiger partial charge in [-0.15, -0.1) is 11.3 Å². The van der Waals surface area contributed by atoms with Crippen molar-refractivity contribution in [1.82, 2.24) is 4.40 Å². The number of thiophene rings is 1. The Hall–Kier alpha value is -2.73. The number of aromatic nitrogens is 1. The molecular formula is C19H15NO4S. The lowest BCUT2D eigenvalue weighted by Crippen LogP contribution is -2.23. The molecule has 126 valence electrons. The first-order valence-electron chi connectivity index (χ1n) is 7.99. The van der Waals surface area contributed by atoms with Crippen LogP contribution in [-0.4, -0.2) is 21.8 Å². The lowest BCUT2D eigenvalue weighted by Gasteiger charge is -2.14. The number of aryl methyl sites for hydroxylation is 1. The number of carboxylic acids is 1. The predicted molar refractivity (Wildman–Crippen MR) is 96.0 cm³/mol.